The molecule has 4 heteroatoms. The number of hydrogen-bond acceptors (Lipinski definition) is 3. The van der Waals surface area contributed by atoms with Gasteiger partial charge in [0.15, 0.2) is 5.41 Å². The summed E-state index contributed by atoms with van der Waals surface area (Å²) in [6.45, 7) is 10.8. The Morgan fingerprint density at radius 3 is 1.71 bits per heavy atom. The highest BCUT2D eigenvalue weighted by Crippen LogP contribution is 2.21. The first kappa shape index (κ1) is 17.1. The van der Waals surface area contributed by atoms with E-state index in [1.54, 1.807) is 0 Å². The van der Waals surface area contributed by atoms with E-state index in [1.807, 2.05) is 0 Å². The lowest BCUT2D eigenvalue weighted by molar-refractivity contribution is -0.240. The molecule has 0 rings (SSSR count). The van der Waals surface area contributed by atoms with E-state index in [4.69, 9.17) is 14.2 Å². The molecule has 0 aliphatic rings. The van der Waals surface area contributed by atoms with Crippen molar-refractivity contribution in [2.45, 2.75) is 64.9 Å². The van der Waals surface area contributed by atoms with E-state index < -0.39 is 5.41 Å². The van der Waals surface area contributed by atoms with Crippen molar-refractivity contribution >= 4 is 10.2 Å². The number of rotatable bonds is 11. The van der Waals surface area contributed by atoms with Gasteiger partial charge < -0.3 is 14.2 Å². The molecule has 17 heavy (non-hydrogen) atoms. The number of ether oxygens (including phenoxy) is 3. The van der Waals surface area contributed by atoms with Crippen LogP contribution in [-0.4, -0.2) is 41.6 Å². The van der Waals surface area contributed by atoms with Crippen molar-refractivity contribution in [2.75, 3.05) is 19.8 Å². The maximum atomic E-state index is 5.95. The van der Waals surface area contributed by atoms with Crippen LogP contribution in [0.5, 0.6) is 0 Å². The predicted molar refractivity (Wildman–Crippen MR) is 75.5 cm³/mol. The van der Waals surface area contributed by atoms with Crippen LogP contribution in [0.1, 0.15) is 53.4 Å². The largest absolute Gasteiger partial charge is 0.373 e. The molecule has 0 fully saturated rings. The molecule has 0 aromatic rings. The lowest BCUT2D eigenvalue weighted by Gasteiger charge is -2.37. The van der Waals surface area contributed by atoms with E-state index in [9.17, 15) is 0 Å². The van der Waals surface area contributed by atoms with E-state index in [2.05, 4.69) is 27.7 Å². The maximum Gasteiger partial charge on any atom is 0.166 e. The molecule has 0 aliphatic heterocycles. The smallest absolute Gasteiger partial charge is 0.166 e. The van der Waals surface area contributed by atoms with Crippen molar-refractivity contribution in [3.05, 3.63) is 0 Å². The van der Waals surface area contributed by atoms with Crippen LogP contribution in [-0.2, 0) is 14.2 Å². The highest BCUT2D eigenvalue weighted by Gasteiger charge is 2.35. The summed E-state index contributed by atoms with van der Waals surface area (Å²) < 4.78 is 17.8. The molecule has 0 bridgehead atoms. The fourth-order valence-corrected chi connectivity index (χ4v) is 2.72. The lowest BCUT2D eigenvalue weighted by atomic mass is 10.2. The molecule has 104 valence electrons. The summed E-state index contributed by atoms with van der Waals surface area (Å²) >= 11 is 0. The second-order valence-corrected chi connectivity index (χ2v) is 5.87. The monoisotopic (exact) mass is 262 g/mol. The van der Waals surface area contributed by atoms with E-state index in [-0.39, 0.29) is 6.10 Å². The summed E-state index contributed by atoms with van der Waals surface area (Å²) in [5, 5.41) is 0. The molecule has 0 spiro atoms. The minimum Gasteiger partial charge on any atom is -0.373 e. The van der Waals surface area contributed by atoms with E-state index in [0.29, 0.717) is 0 Å². The number of hydrogen-bond donors (Lipinski definition) is 0. The van der Waals surface area contributed by atoms with Gasteiger partial charge in [0, 0.05) is 19.8 Å². The zero-order valence-electron chi connectivity index (χ0n) is 12.3. The van der Waals surface area contributed by atoms with Crippen molar-refractivity contribution < 1.29 is 14.2 Å². The van der Waals surface area contributed by atoms with E-state index >= 15 is 0 Å². The molecule has 0 N–H and O–H groups in total. The van der Waals surface area contributed by atoms with Crippen molar-refractivity contribution in [3.8, 4) is 0 Å². The average molecular weight is 262 g/mol. The molecule has 0 radical (unpaired) electrons. The van der Waals surface area contributed by atoms with Gasteiger partial charge in [0.1, 0.15) is 6.10 Å². The molecule has 0 saturated carbocycles. The first-order chi connectivity index (χ1) is 8.14. The van der Waals surface area contributed by atoms with Crippen LogP contribution in [0.4, 0.5) is 0 Å². The Hall–Kier alpha value is 0.0969. The third kappa shape index (κ3) is 6.55. The van der Waals surface area contributed by atoms with Gasteiger partial charge in [0.2, 0.25) is 0 Å². The molecular weight excluding hydrogens is 232 g/mol. The Morgan fingerprint density at radius 1 is 0.882 bits per heavy atom. The van der Waals surface area contributed by atoms with E-state index in [1.165, 1.54) is 0 Å². The summed E-state index contributed by atoms with van der Waals surface area (Å²) in [7, 11) is 0.837. The van der Waals surface area contributed by atoms with Crippen LogP contribution < -0.4 is 0 Å². The second-order valence-electron chi connectivity index (χ2n) is 4.48. The summed E-state index contributed by atoms with van der Waals surface area (Å²) in [4.78, 5) is 0. The molecule has 1 atom stereocenters. The topological polar surface area (TPSA) is 27.7 Å². The van der Waals surface area contributed by atoms with Crippen molar-refractivity contribution in [1.82, 2.24) is 0 Å². The van der Waals surface area contributed by atoms with Crippen LogP contribution in [0.25, 0.3) is 0 Å². The minimum absolute atomic E-state index is 0.0761. The van der Waals surface area contributed by atoms with Crippen LogP contribution in [0.3, 0.4) is 0 Å². The van der Waals surface area contributed by atoms with Gasteiger partial charge in [-0.3, -0.25) is 0 Å². The Bertz CT molecular complexity index is 168. The molecule has 1 unspecified atom stereocenters. The SMILES string of the molecule is CCCOC(CC)C([SiH3])(OCCC)OCCC. The Kier molecular flexibility index (Phi) is 10.1. The van der Waals surface area contributed by atoms with Gasteiger partial charge in [-0.2, -0.15) is 0 Å². The minimum atomic E-state index is -0.462. The molecule has 0 aromatic heterocycles. The van der Waals surface area contributed by atoms with Gasteiger partial charge in [-0.05, 0) is 25.7 Å². The average Bonchev–Trinajstić information content (AvgIpc) is 2.35. The highest BCUT2D eigenvalue weighted by atomic mass is 28.1. The van der Waals surface area contributed by atoms with Crippen LogP contribution >= 0.6 is 0 Å². The van der Waals surface area contributed by atoms with Crippen LogP contribution in [0.15, 0.2) is 0 Å². The van der Waals surface area contributed by atoms with Gasteiger partial charge in [0.05, 0.1) is 10.2 Å². The molecule has 0 saturated heterocycles. The maximum absolute atomic E-state index is 5.95. The van der Waals surface area contributed by atoms with Gasteiger partial charge in [-0.15, -0.1) is 0 Å². The fraction of sp³-hybridized carbons (Fsp3) is 1.00. The van der Waals surface area contributed by atoms with Crippen molar-refractivity contribution in [1.29, 1.82) is 0 Å². The Balaban J connectivity index is 4.46. The lowest BCUT2D eigenvalue weighted by Crippen LogP contribution is -2.49. The van der Waals surface area contributed by atoms with Crippen LogP contribution in [0.2, 0.25) is 0 Å². The summed E-state index contributed by atoms with van der Waals surface area (Å²) in [5.41, 5.74) is -0.462. The summed E-state index contributed by atoms with van der Waals surface area (Å²) in [5.74, 6) is 0. The summed E-state index contributed by atoms with van der Waals surface area (Å²) in [6, 6.07) is 0. The predicted octanol–water partition coefficient (Wildman–Crippen LogP) is 2.06. The third-order valence-corrected chi connectivity index (χ3v) is 3.89. The molecular formula is C13H30O3Si. The van der Waals surface area contributed by atoms with Gasteiger partial charge in [-0.25, -0.2) is 0 Å². The van der Waals surface area contributed by atoms with Crippen LogP contribution in [0, 0.1) is 0 Å². The zero-order chi connectivity index (χ0) is 13.1. The Labute approximate surface area is 110 Å². The van der Waals surface area contributed by atoms with Gasteiger partial charge in [0.25, 0.3) is 0 Å². The first-order valence-corrected chi connectivity index (χ1v) is 8.04. The molecule has 0 heterocycles. The highest BCUT2D eigenvalue weighted by molar-refractivity contribution is 6.13. The molecule has 0 aliphatic carbocycles. The fourth-order valence-electron chi connectivity index (χ4n) is 1.74. The summed E-state index contributed by atoms with van der Waals surface area (Å²) in [6.07, 6.45) is 4.09. The quantitative estimate of drug-likeness (QED) is 0.421. The normalized spacial score (nSPS) is 14.1. The first-order valence-electron chi connectivity index (χ1n) is 7.04. The Morgan fingerprint density at radius 2 is 1.35 bits per heavy atom. The third-order valence-electron chi connectivity index (χ3n) is 2.66. The van der Waals surface area contributed by atoms with E-state index in [0.717, 1.165) is 55.7 Å². The standard InChI is InChI=1S/C13H30O3Si/c1-5-9-14-12(8-4)13(17,15-10-6-2)16-11-7-3/h12H,5-11H2,1-4,17H3. The van der Waals surface area contributed by atoms with Crippen molar-refractivity contribution in [2.24, 2.45) is 0 Å². The molecule has 3 nitrogen and oxygen atoms in total. The molecule has 0 amide bonds. The van der Waals surface area contributed by atoms with Gasteiger partial charge in [-0.1, -0.05) is 27.7 Å². The zero-order valence-corrected chi connectivity index (χ0v) is 14.3. The second kappa shape index (κ2) is 10.1. The van der Waals surface area contributed by atoms with Gasteiger partial charge >= 0.3 is 0 Å². The molecule has 0 aromatic carbocycles. The van der Waals surface area contributed by atoms with Crippen molar-refractivity contribution in [3.63, 3.8) is 0 Å².